The maximum absolute atomic E-state index is 12.8. The third-order valence-corrected chi connectivity index (χ3v) is 3.54. The van der Waals surface area contributed by atoms with E-state index in [9.17, 15) is 35.1 Å². The molecule has 0 radical (unpaired) electrons. The molecule has 0 unspecified atom stereocenters. The van der Waals surface area contributed by atoms with E-state index < -0.39 is 36.6 Å². The number of rotatable bonds is 10. The summed E-state index contributed by atoms with van der Waals surface area (Å²) in [5, 5.41) is 10.8. The number of hydrogen-bond acceptors (Lipinski definition) is 5. The minimum Gasteiger partial charge on any atom is -0.428 e. The molecule has 0 spiro atoms. The second-order valence-corrected chi connectivity index (χ2v) is 6.17. The van der Waals surface area contributed by atoms with Crippen LogP contribution in [-0.4, -0.2) is 43.5 Å². The zero-order valence-electron chi connectivity index (χ0n) is 16.7. The Bertz CT molecular complexity index is 1010. The Balaban J connectivity index is 1.86. The lowest BCUT2D eigenvalue weighted by Gasteiger charge is -2.16. The zero-order chi connectivity index (χ0) is 25.4. The number of halogens is 8. The number of hydrogen-bond donors (Lipinski definition) is 2. The average Bonchev–Trinajstić information content (AvgIpc) is 2.75. The minimum atomic E-state index is -4.63. The molecule has 0 amide bonds. The van der Waals surface area contributed by atoms with E-state index in [1.54, 1.807) is 0 Å². The maximum Gasteiger partial charge on any atom is 0.461 e. The summed E-state index contributed by atoms with van der Waals surface area (Å²) in [6, 6.07) is 9.14. The SMILES string of the molecule is NC(=NN=Cc1ccc(OC(F)(F)C(F)F)cc1)NN=Cc1ccc(OC(F)(F)C(F)F)cc1. The van der Waals surface area contributed by atoms with Crippen molar-refractivity contribution in [2.75, 3.05) is 0 Å². The lowest BCUT2D eigenvalue weighted by atomic mass is 10.2. The lowest BCUT2D eigenvalue weighted by molar-refractivity contribution is -0.253. The van der Waals surface area contributed by atoms with Crippen molar-refractivity contribution < 1.29 is 44.6 Å². The molecule has 0 atom stereocenters. The van der Waals surface area contributed by atoms with Gasteiger partial charge in [-0.2, -0.15) is 45.3 Å². The van der Waals surface area contributed by atoms with E-state index in [0.29, 0.717) is 11.1 Å². The number of guanidine groups is 1. The topological polar surface area (TPSA) is 93.6 Å². The first kappa shape index (κ1) is 26.3. The normalized spacial score (nSPS) is 13.3. The van der Waals surface area contributed by atoms with Gasteiger partial charge in [-0.3, -0.25) is 0 Å². The summed E-state index contributed by atoms with van der Waals surface area (Å²) in [5.74, 6) is -1.24. The van der Waals surface area contributed by atoms with E-state index in [4.69, 9.17) is 5.73 Å². The second kappa shape index (κ2) is 11.3. The van der Waals surface area contributed by atoms with Crippen molar-refractivity contribution in [2.24, 2.45) is 21.0 Å². The summed E-state index contributed by atoms with van der Waals surface area (Å²) in [5.41, 5.74) is 8.52. The van der Waals surface area contributed by atoms with Crippen molar-refractivity contribution in [1.82, 2.24) is 5.43 Å². The third kappa shape index (κ3) is 8.22. The highest BCUT2D eigenvalue weighted by molar-refractivity contribution is 5.84. The predicted octanol–water partition coefficient (Wildman–Crippen LogP) is 4.43. The van der Waals surface area contributed by atoms with Crippen molar-refractivity contribution >= 4 is 18.4 Å². The summed E-state index contributed by atoms with van der Waals surface area (Å²) in [6.07, 6.45) is -14.8. The van der Waals surface area contributed by atoms with Gasteiger partial charge >= 0.3 is 25.1 Å². The fourth-order valence-electron chi connectivity index (χ4n) is 2.00. The van der Waals surface area contributed by atoms with Gasteiger partial charge in [-0.1, -0.05) is 0 Å². The van der Waals surface area contributed by atoms with E-state index in [1.807, 2.05) is 0 Å². The number of nitrogens with two attached hydrogens (primary N) is 1. The lowest BCUT2D eigenvalue weighted by Crippen LogP contribution is -2.33. The molecule has 15 heteroatoms. The van der Waals surface area contributed by atoms with Crippen LogP contribution in [0.5, 0.6) is 11.5 Å². The molecule has 2 rings (SSSR count). The number of nitrogens with one attached hydrogen (secondary N) is 1. The van der Waals surface area contributed by atoms with Gasteiger partial charge in [0, 0.05) is 0 Å². The summed E-state index contributed by atoms with van der Waals surface area (Å²) in [7, 11) is 0. The van der Waals surface area contributed by atoms with Crippen LogP contribution >= 0.6 is 0 Å². The molecule has 0 fully saturated rings. The van der Waals surface area contributed by atoms with Crippen molar-refractivity contribution in [3.8, 4) is 11.5 Å². The number of hydrazone groups is 1. The quantitative estimate of drug-likeness (QED) is 0.220. The highest BCUT2D eigenvalue weighted by atomic mass is 19.3. The van der Waals surface area contributed by atoms with Crippen LogP contribution in [0.25, 0.3) is 0 Å². The van der Waals surface area contributed by atoms with Crippen LogP contribution in [0.1, 0.15) is 11.1 Å². The second-order valence-electron chi connectivity index (χ2n) is 6.17. The monoisotopic (exact) mass is 497 g/mol. The molecule has 0 aromatic heterocycles. The van der Waals surface area contributed by atoms with Crippen LogP contribution in [0.3, 0.4) is 0 Å². The first-order valence-corrected chi connectivity index (χ1v) is 8.95. The van der Waals surface area contributed by atoms with Gasteiger partial charge in [-0.15, -0.1) is 5.10 Å². The van der Waals surface area contributed by atoms with Crippen LogP contribution in [0, 0.1) is 0 Å². The van der Waals surface area contributed by atoms with Gasteiger partial charge in [-0.05, 0) is 59.7 Å². The Hall–Kier alpha value is -3.91. The van der Waals surface area contributed by atoms with Crippen molar-refractivity contribution in [2.45, 2.75) is 25.1 Å². The van der Waals surface area contributed by atoms with Crippen LogP contribution in [0.4, 0.5) is 35.1 Å². The molecular formula is C19H15F8N5O2. The fraction of sp³-hybridized carbons (Fsp3) is 0.211. The number of alkyl halides is 8. The highest BCUT2D eigenvalue weighted by Crippen LogP contribution is 2.28. The molecule has 3 N–H and O–H groups in total. The molecule has 2 aromatic carbocycles. The van der Waals surface area contributed by atoms with Gasteiger partial charge in [0.2, 0.25) is 5.96 Å². The smallest absolute Gasteiger partial charge is 0.428 e. The summed E-state index contributed by atoms with van der Waals surface area (Å²) in [6.45, 7) is 0. The first-order chi connectivity index (χ1) is 15.9. The van der Waals surface area contributed by atoms with Gasteiger partial charge in [0.05, 0.1) is 12.4 Å². The van der Waals surface area contributed by atoms with Crippen LogP contribution in [0.2, 0.25) is 0 Å². The Morgan fingerprint density at radius 2 is 1.18 bits per heavy atom. The number of ether oxygens (including phenoxy) is 2. The van der Waals surface area contributed by atoms with Gasteiger partial charge in [0.15, 0.2) is 0 Å². The molecule has 0 aliphatic rings. The first-order valence-electron chi connectivity index (χ1n) is 8.95. The Kier molecular flexibility index (Phi) is 8.75. The molecule has 2 aromatic rings. The van der Waals surface area contributed by atoms with E-state index in [0.717, 1.165) is 24.3 Å². The molecule has 34 heavy (non-hydrogen) atoms. The van der Waals surface area contributed by atoms with E-state index in [1.165, 1.54) is 36.7 Å². The highest BCUT2D eigenvalue weighted by Gasteiger charge is 2.44. The van der Waals surface area contributed by atoms with Gasteiger partial charge < -0.3 is 15.2 Å². The summed E-state index contributed by atoms with van der Waals surface area (Å²) >= 11 is 0. The van der Waals surface area contributed by atoms with Crippen LogP contribution in [-0.2, 0) is 0 Å². The predicted molar refractivity (Wildman–Crippen MR) is 106 cm³/mol. The number of nitrogens with zero attached hydrogens (tertiary/aromatic N) is 3. The van der Waals surface area contributed by atoms with Crippen molar-refractivity contribution in [3.05, 3.63) is 59.7 Å². The van der Waals surface area contributed by atoms with Crippen molar-refractivity contribution in [3.63, 3.8) is 0 Å². The minimum absolute atomic E-state index is 0.277. The average molecular weight is 497 g/mol. The van der Waals surface area contributed by atoms with Gasteiger partial charge in [-0.25, -0.2) is 5.43 Å². The molecular weight excluding hydrogens is 482 g/mol. The van der Waals surface area contributed by atoms with Crippen LogP contribution in [0.15, 0.2) is 63.8 Å². The molecule has 0 saturated heterocycles. The standard InChI is InChI=1S/C19H15F8N5O2/c20-15(21)18(24,25)33-13-5-1-11(2-6-13)9-29-31-17(28)32-30-10-12-3-7-14(8-4-12)34-19(26,27)16(22)23/h1-10,15-16H,(H3,28,31,32). The molecule has 7 nitrogen and oxygen atoms in total. The van der Waals surface area contributed by atoms with E-state index >= 15 is 0 Å². The zero-order valence-corrected chi connectivity index (χ0v) is 16.7. The Labute approximate surface area is 186 Å². The summed E-state index contributed by atoms with van der Waals surface area (Å²) in [4.78, 5) is 0. The van der Waals surface area contributed by atoms with Crippen LogP contribution < -0.4 is 20.6 Å². The van der Waals surface area contributed by atoms with Gasteiger partial charge in [0.25, 0.3) is 0 Å². The molecule has 184 valence electrons. The largest absolute Gasteiger partial charge is 0.461 e. The summed E-state index contributed by atoms with van der Waals surface area (Å²) < 4.78 is 108. The molecule has 0 aliphatic carbocycles. The molecule has 0 saturated carbocycles. The van der Waals surface area contributed by atoms with Gasteiger partial charge in [0.1, 0.15) is 11.5 Å². The Morgan fingerprint density at radius 1 is 0.765 bits per heavy atom. The number of benzene rings is 2. The van der Waals surface area contributed by atoms with Crippen molar-refractivity contribution in [1.29, 1.82) is 0 Å². The molecule has 0 aliphatic heterocycles. The molecule has 0 bridgehead atoms. The Morgan fingerprint density at radius 3 is 1.59 bits per heavy atom. The van der Waals surface area contributed by atoms with E-state index in [-0.39, 0.29) is 5.96 Å². The third-order valence-electron chi connectivity index (χ3n) is 3.54. The molecule has 0 heterocycles. The van der Waals surface area contributed by atoms with E-state index in [2.05, 4.69) is 30.2 Å². The fourth-order valence-corrected chi connectivity index (χ4v) is 2.00. The maximum atomic E-state index is 12.8.